The number of carboxylic acid groups (broad SMARTS) is 1. The molecule has 232 valence electrons. The molecule has 4 fully saturated rings. The van der Waals surface area contributed by atoms with Crippen molar-refractivity contribution in [1.82, 2.24) is 0 Å². The third-order valence-corrected chi connectivity index (χ3v) is 12.9. The molecular weight excluding hydrogens is 535 g/mol. The van der Waals surface area contributed by atoms with Gasteiger partial charge >= 0.3 is 11.9 Å². The maximum absolute atomic E-state index is 13.6. The largest absolute Gasteiger partial charge is 0.481 e. The van der Waals surface area contributed by atoms with Gasteiger partial charge in [0.2, 0.25) is 0 Å². The van der Waals surface area contributed by atoms with Crippen LogP contribution in [-0.2, 0) is 9.53 Å². The van der Waals surface area contributed by atoms with Crippen molar-refractivity contribution in [2.24, 2.45) is 51.8 Å². The number of aliphatic hydroxyl groups is 2. The molecule has 0 aromatic heterocycles. The quantitative estimate of drug-likeness (QED) is 0.256. The number of aliphatic carboxylic acids is 1. The minimum absolute atomic E-state index is 0.00629. The highest BCUT2D eigenvalue weighted by Crippen LogP contribution is 2.74. The van der Waals surface area contributed by atoms with Crippen molar-refractivity contribution in [2.75, 3.05) is 0 Å². The molecule has 6 nitrogen and oxygen atoms in total. The summed E-state index contributed by atoms with van der Waals surface area (Å²) in [6.45, 7) is 12.9. The van der Waals surface area contributed by atoms with Crippen LogP contribution in [0.4, 0.5) is 4.39 Å². The second kappa shape index (κ2) is 11.0. The Morgan fingerprint density at radius 2 is 1.69 bits per heavy atom. The van der Waals surface area contributed by atoms with Crippen molar-refractivity contribution in [3.8, 4) is 0 Å². The highest BCUT2D eigenvalue weighted by Gasteiger charge is 2.72. The standard InChI is InChI=1S/C35H49FO6/c1-19(2)7-12-23(31(39)40)29-25-17-27(38)30-33(4)15-14-26(37)20(3)24(33)13-16-34(30,5)35(25,6)18-28(29)42-32(41)21-8-10-22(36)11-9-21/h7-11,20,23-30,37-38H,12-18H2,1-6H3,(H,39,40)/t20-,23+,24?,25?,26+,27+,28-,29+,30?,33-,34-,35-/m0/s1. The van der Waals surface area contributed by atoms with Crippen LogP contribution in [0.3, 0.4) is 0 Å². The number of halogens is 1. The molecule has 7 heteroatoms. The van der Waals surface area contributed by atoms with Crippen molar-refractivity contribution in [2.45, 2.75) is 105 Å². The lowest BCUT2D eigenvalue weighted by Crippen LogP contribution is -2.66. The first-order valence-corrected chi connectivity index (χ1v) is 15.8. The molecule has 4 aliphatic carbocycles. The molecule has 42 heavy (non-hydrogen) atoms. The zero-order valence-electron chi connectivity index (χ0n) is 26.0. The van der Waals surface area contributed by atoms with Gasteiger partial charge in [0.05, 0.1) is 23.7 Å². The van der Waals surface area contributed by atoms with Crippen molar-refractivity contribution in [1.29, 1.82) is 0 Å². The summed E-state index contributed by atoms with van der Waals surface area (Å²) < 4.78 is 19.8. The van der Waals surface area contributed by atoms with Crippen LogP contribution in [0.15, 0.2) is 35.9 Å². The third kappa shape index (κ3) is 4.83. The van der Waals surface area contributed by atoms with E-state index in [-0.39, 0.29) is 45.7 Å². The molecule has 1 aromatic carbocycles. The van der Waals surface area contributed by atoms with E-state index in [4.69, 9.17) is 4.74 Å². The average Bonchev–Trinajstić information content (AvgIpc) is 3.18. The summed E-state index contributed by atoms with van der Waals surface area (Å²) in [7, 11) is 0. The van der Waals surface area contributed by atoms with E-state index in [9.17, 15) is 29.3 Å². The van der Waals surface area contributed by atoms with E-state index in [2.05, 4.69) is 27.7 Å². The molecule has 1 aromatic rings. The second-order valence-electron chi connectivity index (χ2n) is 15.0. The van der Waals surface area contributed by atoms with Gasteiger partial charge in [-0.3, -0.25) is 4.79 Å². The van der Waals surface area contributed by atoms with Gasteiger partial charge in [0.15, 0.2) is 0 Å². The number of benzene rings is 1. The number of aliphatic hydroxyl groups excluding tert-OH is 2. The summed E-state index contributed by atoms with van der Waals surface area (Å²) in [5.74, 6) is -2.89. The molecule has 0 radical (unpaired) electrons. The predicted octanol–water partition coefficient (Wildman–Crippen LogP) is 6.64. The van der Waals surface area contributed by atoms with Crippen LogP contribution in [0.5, 0.6) is 0 Å². The number of carboxylic acids is 1. The Hall–Kier alpha value is -2.25. The van der Waals surface area contributed by atoms with Gasteiger partial charge in [-0.2, -0.15) is 0 Å². The van der Waals surface area contributed by atoms with Gasteiger partial charge in [-0.05, 0) is 123 Å². The Morgan fingerprint density at radius 1 is 1.02 bits per heavy atom. The van der Waals surface area contributed by atoms with Crippen LogP contribution >= 0.6 is 0 Å². The molecule has 0 amide bonds. The summed E-state index contributed by atoms with van der Waals surface area (Å²) in [6.07, 6.45) is 5.05. The van der Waals surface area contributed by atoms with E-state index in [0.717, 1.165) is 31.3 Å². The number of carbonyl (C=O) groups excluding carboxylic acids is 1. The topological polar surface area (TPSA) is 104 Å². The average molecular weight is 585 g/mol. The van der Waals surface area contributed by atoms with Gasteiger partial charge in [-0.15, -0.1) is 0 Å². The monoisotopic (exact) mass is 584 g/mol. The van der Waals surface area contributed by atoms with E-state index >= 15 is 0 Å². The molecule has 3 N–H and O–H groups in total. The molecule has 0 heterocycles. The van der Waals surface area contributed by atoms with Gasteiger partial charge in [0.25, 0.3) is 0 Å². The van der Waals surface area contributed by atoms with E-state index in [1.165, 1.54) is 24.3 Å². The summed E-state index contributed by atoms with van der Waals surface area (Å²) in [6, 6.07) is 5.25. The van der Waals surface area contributed by atoms with E-state index in [1.54, 1.807) is 0 Å². The van der Waals surface area contributed by atoms with Crippen LogP contribution in [0, 0.1) is 57.6 Å². The van der Waals surface area contributed by atoms with Crippen LogP contribution in [0.1, 0.15) is 96.8 Å². The Morgan fingerprint density at radius 3 is 2.31 bits per heavy atom. The molecule has 0 bridgehead atoms. The molecule has 0 saturated heterocycles. The first-order chi connectivity index (χ1) is 19.6. The minimum atomic E-state index is -0.919. The Labute approximate surface area is 249 Å². The zero-order valence-corrected chi connectivity index (χ0v) is 26.0. The molecule has 0 spiro atoms. The molecular formula is C35H49FO6. The molecule has 5 rings (SSSR count). The van der Waals surface area contributed by atoms with E-state index in [0.29, 0.717) is 25.2 Å². The summed E-state index contributed by atoms with van der Waals surface area (Å²) in [5.41, 5.74) is 0.431. The number of fused-ring (bicyclic) bond motifs is 5. The molecule has 4 saturated carbocycles. The lowest BCUT2D eigenvalue weighted by atomic mass is 9.36. The van der Waals surface area contributed by atoms with Crippen molar-refractivity contribution in [3.63, 3.8) is 0 Å². The highest BCUT2D eigenvalue weighted by atomic mass is 19.1. The predicted molar refractivity (Wildman–Crippen MR) is 158 cm³/mol. The maximum atomic E-state index is 13.6. The number of ether oxygens (including phenoxy) is 1. The van der Waals surface area contributed by atoms with Crippen LogP contribution in [-0.4, -0.2) is 45.6 Å². The fraction of sp³-hybridized carbons (Fsp3) is 0.714. The number of rotatable bonds is 6. The molecule has 12 atom stereocenters. The fourth-order valence-corrected chi connectivity index (χ4v) is 10.7. The number of carbonyl (C=O) groups is 2. The second-order valence-corrected chi connectivity index (χ2v) is 15.0. The van der Waals surface area contributed by atoms with Crippen LogP contribution < -0.4 is 0 Å². The van der Waals surface area contributed by atoms with Crippen molar-refractivity contribution >= 4 is 11.9 Å². The van der Waals surface area contributed by atoms with Gasteiger partial charge in [0, 0.05) is 5.92 Å². The molecule has 4 aliphatic rings. The minimum Gasteiger partial charge on any atom is -0.481 e. The van der Waals surface area contributed by atoms with Gasteiger partial charge in [0.1, 0.15) is 11.9 Å². The highest BCUT2D eigenvalue weighted by molar-refractivity contribution is 5.89. The first kappa shape index (κ1) is 31.2. The third-order valence-electron chi connectivity index (χ3n) is 12.9. The Balaban J connectivity index is 1.56. The van der Waals surface area contributed by atoms with Gasteiger partial charge in [-0.25, -0.2) is 9.18 Å². The first-order valence-electron chi connectivity index (χ1n) is 15.8. The Bertz CT molecular complexity index is 1220. The summed E-state index contributed by atoms with van der Waals surface area (Å²) >= 11 is 0. The van der Waals surface area contributed by atoms with Crippen LogP contribution in [0.25, 0.3) is 0 Å². The smallest absolute Gasteiger partial charge is 0.338 e. The van der Waals surface area contributed by atoms with Gasteiger partial charge in [-0.1, -0.05) is 39.3 Å². The number of hydrogen-bond donors (Lipinski definition) is 3. The number of hydrogen-bond acceptors (Lipinski definition) is 5. The van der Waals surface area contributed by atoms with Gasteiger partial charge < -0.3 is 20.1 Å². The lowest BCUT2D eigenvalue weighted by molar-refractivity contribution is -0.240. The molecule has 3 unspecified atom stereocenters. The van der Waals surface area contributed by atoms with Crippen molar-refractivity contribution in [3.05, 3.63) is 47.3 Å². The molecule has 0 aliphatic heterocycles. The number of esters is 1. The SMILES string of the molecule is CC(C)=CC[C@@H](C(=O)O)[C@@H]1C2C[C@@H](O)C3[C@@]4(C)CC[C@@H](O)[C@@H](C)C4CC[C@]3(C)[C@@]2(C)C[C@@H]1OC(=O)c1ccc(F)cc1. The zero-order chi connectivity index (χ0) is 30.8. The fourth-order valence-electron chi connectivity index (χ4n) is 10.7. The summed E-state index contributed by atoms with van der Waals surface area (Å²) in [4.78, 5) is 26.3. The van der Waals surface area contributed by atoms with Crippen LogP contribution in [0.2, 0.25) is 0 Å². The number of allylic oxidation sites excluding steroid dienone is 2. The summed E-state index contributed by atoms with van der Waals surface area (Å²) in [5, 5.41) is 33.3. The maximum Gasteiger partial charge on any atom is 0.338 e. The van der Waals surface area contributed by atoms with Crippen molar-refractivity contribution < 1.29 is 34.0 Å². The van der Waals surface area contributed by atoms with E-state index < -0.39 is 41.8 Å². The Kier molecular flexibility index (Phi) is 8.19. The van der Waals surface area contributed by atoms with E-state index in [1.807, 2.05) is 19.9 Å². The normalized spacial score (nSPS) is 43.4. The lowest BCUT2D eigenvalue weighted by Gasteiger charge is -2.69.